The van der Waals surface area contributed by atoms with Gasteiger partial charge in [0.05, 0.1) is 0 Å². The third kappa shape index (κ3) is 6.48. The van der Waals surface area contributed by atoms with Crippen LogP contribution in [0.2, 0.25) is 0 Å². The number of unbranched alkanes of at least 4 members (excludes halogenated alkanes) is 1. The molecular formula is C13H28NOP. The Morgan fingerprint density at radius 2 is 1.81 bits per heavy atom. The molecule has 1 heterocycles. The molecule has 0 N–H and O–H groups in total. The lowest BCUT2D eigenvalue weighted by molar-refractivity contribution is -0.130. The third-order valence-electron chi connectivity index (χ3n) is 3.13. The fourth-order valence-electron chi connectivity index (χ4n) is 2.11. The average Bonchev–Trinajstić information content (AvgIpc) is 2.33. The number of rotatable bonds is 4. The van der Waals surface area contributed by atoms with E-state index in [-0.39, 0.29) is 5.91 Å². The minimum Gasteiger partial charge on any atom is -0.343 e. The number of carbonyl (C=O) groups excluding carboxylic acids is 1. The van der Waals surface area contributed by atoms with Gasteiger partial charge in [-0.15, -0.1) is 9.24 Å². The van der Waals surface area contributed by atoms with E-state index in [1.165, 1.54) is 38.3 Å². The maximum absolute atomic E-state index is 11.1. The topological polar surface area (TPSA) is 20.3 Å². The highest BCUT2D eigenvalue weighted by Gasteiger charge is 2.19. The van der Waals surface area contributed by atoms with E-state index in [4.69, 9.17) is 0 Å². The molecule has 0 saturated carbocycles. The van der Waals surface area contributed by atoms with Crippen molar-refractivity contribution in [2.45, 2.75) is 52.9 Å². The first-order chi connectivity index (χ1) is 7.74. The molecular weight excluding hydrogens is 217 g/mol. The van der Waals surface area contributed by atoms with Crippen molar-refractivity contribution in [2.75, 3.05) is 19.3 Å². The highest BCUT2D eigenvalue weighted by molar-refractivity contribution is 7.16. The van der Waals surface area contributed by atoms with E-state index in [1.54, 1.807) is 6.92 Å². The smallest absolute Gasteiger partial charge is 0.219 e. The second-order valence-corrected chi connectivity index (χ2v) is 4.81. The highest BCUT2D eigenvalue weighted by Crippen LogP contribution is 2.22. The summed E-state index contributed by atoms with van der Waals surface area (Å²) in [5.41, 5.74) is 0. The minimum atomic E-state index is 0.244. The van der Waals surface area contributed by atoms with Crippen LogP contribution in [0.15, 0.2) is 0 Å². The van der Waals surface area contributed by atoms with Gasteiger partial charge in [-0.2, -0.15) is 0 Å². The van der Waals surface area contributed by atoms with E-state index in [0.29, 0.717) is 0 Å². The average molecular weight is 245 g/mol. The molecule has 2 nitrogen and oxygen atoms in total. The summed E-state index contributed by atoms with van der Waals surface area (Å²) >= 11 is 0. The van der Waals surface area contributed by atoms with E-state index in [2.05, 4.69) is 9.24 Å². The Morgan fingerprint density at radius 3 is 2.25 bits per heavy atom. The fraction of sp³-hybridized carbons (Fsp3) is 0.923. The lowest BCUT2D eigenvalue weighted by atomic mass is 9.92. The molecule has 0 aromatic heterocycles. The summed E-state index contributed by atoms with van der Waals surface area (Å²) in [6, 6.07) is 0. The second-order valence-electron chi connectivity index (χ2n) is 4.23. The van der Waals surface area contributed by atoms with Gasteiger partial charge in [0, 0.05) is 20.0 Å². The molecule has 1 rings (SSSR count). The zero-order valence-electron chi connectivity index (χ0n) is 11.2. The Hall–Kier alpha value is -0.100. The Bertz CT molecular complexity index is 177. The van der Waals surface area contributed by atoms with Crippen molar-refractivity contribution in [1.29, 1.82) is 0 Å². The summed E-state index contributed by atoms with van der Waals surface area (Å²) in [5.74, 6) is 1.12. The first-order valence-corrected chi connectivity index (χ1v) is 7.51. The van der Waals surface area contributed by atoms with Gasteiger partial charge in [-0.25, -0.2) is 0 Å². The van der Waals surface area contributed by atoms with Crippen LogP contribution < -0.4 is 0 Å². The maximum atomic E-state index is 11.1. The molecule has 1 aliphatic heterocycles. The number of nitrogens with zero attached hydrogens (tertiary/aromatic N) is 1. The zero-order valence-corrected chi connectivity index (χ0v) is 12.3. The number of likely N-dealkylation sites (tertiary alicyclic amines) is 1. The van der Waals surface area contributed by atoms with Crippen molar-refractivity contribution in [2.24, 2.45) is 5.92 Å². The van der Waals surface area contributed by atoms with Gasteiger partial charge in [-0.05, 0) is 31.3 Å². The van der Waals surface area contributed by atoms with Gasteiger partial charge in [0.15, 0.2) is 0 Å². The van der Waals surface area contributed by atoms with E-state index in [0.717, 1.165) is 19.0 Å². The Morgan fingerprint density at radius 1 is 1.25 bits per heavy atom. The van der Waals surface area contributed by atoms with Crippen LogP contribution in [0, 0.1) is 5.92 Å². The predicted octanol–water partition coefficient (Wildman–Crippen LogP) is 3.32. The number of carbonyl (C=O) groups is 1. The van der Waals surface area contributed by atoms with Crippen LogP contribution in [0.3, 0.4) is 0 Å². The van der Waals surface area contributed by atoms with E-state index in [1.807, 2.05) is 18.7 Å². The molecule has 0 aliphatic carbocycles. The maximum Gasteiger partial charge on any atom is 0.219 e. The van der Waals surface area contributed by atoms with Crippen LogP contribution in [0.5, 0.6) is 0 Å². The normalized spacial score (nSPS) is 16.6. The molecule has 1 amide bonds. The second kappa shape index (κ2) is 10.1. The van der Waals surface area contributed by atoms with Gasteiger partial charge >= 0.3 is 0 Å². The summed E-state index contributed by atoms with van der Waals surface area (Å²) in [5, 5.41) is 0. The van der Waals surface area contributed by atoms with E-state index < -0.39 is 0 Å². The number of piperidine rings is 1. The molecule has 0 aromatic carbocycles. The molecule has 1 aliphatic rings. The molecule has 16 heavy (non-hydrogen) atoms. The van der Waals surface area contributed by atoms with Gasteiger partial charge in [0.1, 0.15) is 0 Å². The summed E-state index contributed by atoms with van der Waals surface area (Å²) in [4.78, 5) is 13.1. The van der Waals surface area contributed by atoms with Gasteiger partial charge in [0.25, 0.3) is 0 Å². The van der Waals surface area contributed by atoms with Crippen molar-refractivity contribution in [3.05, 3.63) is 0 Å². The van der Waals surface area contributed by atoms with Crippen LogP contribution in [-0.2, 0) is 4.79 Å². The first-order valence-electron chi connectivity index (χ1n) is 6.69. The Kier molecular flexibility index (Phi) is 10.0. The van der Waals surface area contributed by atoms with Crippen LogP contribution in [0.25, 0.3) is 0 Å². The SMILES string of the molecule is CC.CC(=O)N1CCC(CCCCP)CC1. The largest absolute Gasteiger partial charge is 0.343 e. The monoisotopic (exact) mass is 245 g/mol. The van der Waals surface area contributed by atoms with Gasteiger partial charge in [-0.1, -0.05) is 26.7 Å². The van der Waals surface area contributed by atoms with E-state index >= 15 is 0 Å². The summed E-state index contributed by atoms with van der Waals surface area (Å²) in [6.07, 6.45) is 7.71. The number of hydrogen-bond donors (Lipinski definition) is 0. The molecule has 96 valence electrons. The Labute approximate surface area is 103 Å². The quantitative estimate of drug-likeness (QED) is 0.549. The summed E-state index contributed by atoms with van der Waals surface area (Å²) in [6.45, 7) is 7.65. The predicted molar refractivity (Wildman–Crippen MR) is 74.8 cm³/mol. The van der Waals surface area contributed by atoms with Crippen molar-refractivity contribution in [3.8, 4) is 0 Å². The van der Waals surface area contributed by atoms with Crippen LogP contribution in [-0.4, -0.2) is 30.1 Å². The highest BCUT2D eigenvalue weighted by atomic mass is 31.0. The summed E-state index contributed by atoms with van der Waals surface area (Å²) < 4.78 is 0. The van der Waals surface area contributed by atoms with Gasteiger partial charge in [0.2, 0.25) is 5.91 Å². The molecule has 0 radical (unpaired) electrons. The summed E-state index contributed by atoms with van der Waals surface area (Å²) in [7, 11) is 2.78. The molecule has 0 spiro atoms. The molecule has 1 unspecified atom stereocenters. The molecule has 3 heteroatoms. The van der Waals surface area contributed by atoms with Crippen LogP contribution in [0.1, 0.15) is 52.9 Å². The molecule has 0 bridgehead atoms. The number of amides is 1. The first kappa shape index (κ1) is 15.9. The third-order valence-corrected chi connectivity index (χ3v) is 3.53. The standard InChI is InChI=1S/C11H22NOP.C2H6/c1-10(13)12-7-5-11(6-8-12)4-2-3-9-14;1-2/h11H,2-9,14H2,1H3;1-2H3. The van der Waals surface area contributed by atoms with Crippen molar-refractivity contribution >= 4 is 15.1 Å². The molecule has 1 fully saturated rings. The van der Waals surface area contributed by atoms with Crippen molar-refractivity contribution in [1.82, 2.24) is 4.90 Å². The molecule has 1 atom stereocenters. The van der Waals surface area contributed by atoms with Gasteiger partial charge < -0.3 is 4.90 Å². The van der Waals surface area contributed by atoms with Crippen LogP contribution >= 0.6 is 9.24 Å². The van der Waals surface area contributed by atoms with Gasteiger partial charge in [-0.3, -0.25) is 4.79 Å². The lowest BCUT2D eigenvalue weighted by Gasteiger charge is -2.31. The van der Waals surface area contributed by atoms with Crippen LogP contribution in [0.4, 0.5) is 0 Å². The Balaban J connectivity index is 0.00000106. The van der Waals surface area contributed by atoms with Crippen molar-refractivity contribution in [3.63, 3.8) is 0 Å². The van der Waals surface area contributed by atoms with E-state index in [9.17, 15) is 4.79 Å². The number of hydrogen-bond acceptors (Lipinski definition) is 1. The molecule has 1 saturated heterocycles. The minimum absolute atomic E-state index is 0.244. The fourth-order valence-corrected chi connectivity index (χ4v) is 2.40. The van der Waals surface area contributed by atoms with Crippen molar-refractivity contribution < 1.29 is 4.79 Å². The molecule has 0 aromatic rings. The zero-order chi connectivity index (χ0) is 12.4. The lowest BCUT2D eigenvalue weighted by Crippen LogP contribution is -2.36.